The quantitative estimate of drug-likeness (QED) is 0.240. The summed E-state index contributed by atoms with van der Waals surface area (Å²) in [4.78, 5) is 0. The Morgan fingerprint density at radius 3 is 1.68 bits per heavy atom. The number of rotatable bonds is 3. The van der Waals surface area contributed by atoms with Gasteiger partial charge >= 0.3 is 0 Å². The van der Waals surface area contributed by atoms with Crippen molar-refractivity contribution in [3.8, 4) is 33.4 Å². The molecule has 0 heteroatoms. The molecule has 41 heavy (non-hydrogen) atoms. The lowest BCUT2D eigenvalue weighted by molar-refractivity contribution is 0.332. The third kappa shape index (κ3) is 5.55. The molecule has 0 N–H and O–H groups in total. The summed E-state index contributed by atoms with van der Waals surface area (Å²) in [5.74, 6) is 0. The van der Waals surface area contributed by atoms with Gasteiger partial charge in [-0.05, 0) is 103 Å². The molecule has 0 atom stereocenters. The predicted octanol–water partition coefficient (Wildman–Crippen LogP) is 11.9. The minimum atomic E-state index is -0.248. The second-order valence-corrected chi connectivity index (χ2v) is 15.5. The van der Waals surface area contributed by atoms with Crippen LogP contribution in [0.5, 0.6) is 0 Å². The topological polar surface area (TPSA) is 0 Å². The Morgan fingerprint density at radius 2 is 1.12 bits per heavy atom. The summed E-state index contributed by atoms with van der Waals surface area (Å²) >= 11 is 0. The molecular formula is C41H50. The zero-order valence-electron chi connectivity index (χ0n) is 31.1. The molecule has 5 rings (SSSR count). The maximum absolute atomic E-state index is 9.23. The van der Waals surface area contributed by atoms with Gasteiger partial charge in [-0.25, -0.2) is 0 Å². The van der Waals surface area contributed by atoms with E-state index in [0.29, 0.717) is 11.1 Å². The van der Waals surface area contributed by atoms with Gasteiger partial charge in [-0.2, -0.15) is 0 Å². The van der Waals surface area contributed by atoms with Crippen molar-refractivity contribution in [2.75, 3.05) is 0 Å². The number of hydrogen-bond acceptors (Lipinski definition) is 0. The van der Waals surface area contributed by atoms with Crippen molar-refractivity contribution in [3.63, 3.8) is 0 Å². The van der Waals surface area contributed by atoms with Gasteiger partial charge in [-0.15, -0.1) is 0 Å². The van der Waals surface area contributed by atoms with Crippen LogP contribution in [0.25, 0.3) is 33.4 Å². The summed E-state index contributed by atoms with van der Waals surface area (Å²) in [5.41, 5.74) is 10.3. The van der Waals surface area contributed by atoms with Crippen LogP contribution in [0.4, 0.5) is 0 Å². The average Bonchev–Trinajstić information content (AvgIpc) is 2.94. The monoisotopic (exact) mass is 546 g/mol. The molecular weight excluding hydrogens is 492 g/mol. The van der Waals surface area contributed by atoms with Gasteiger partial charge in [0, 0.05) is 0 Å². The van der Waals surface area contributed by atoms with Crippen molar-refractivity contribution in [2.24, 2.45) is 0 Å². The molecule has 0 amide bonds. The van der Waals surface area contributed by atoms with Crippen LogP contribution in [0.1, 0.15) is 115 Å². The van der Waals surface area contributed by atoms with E-state index in [4.69, 9.17) is 0 Å². The van der Waals surface area contributed by atoms with Gasteiger partial charge in [0.1, 0.15) is 0 Å². The van der Waals surface area contributed by atoms with Gasteiger partial charge in [0.05, 0.1) is 5.48 Å². The van der Waals surface area contributed by atoms with Crippen molar-refractivity contribution in [3.05, 3.63) is 107 Å². The van der Waals surface area contributed by atoms with E-state index in [2.05, 4.69) is 106 Å². The highest BCUT2D eigenvalue weighted by atomic mass is 14.4. The van der Waals surface area contributed by atoms with E-state index in [9.17, 15) is 5.48 Å². The van der Waals surface area contributed by atoms with E-state index < -0.39 is 0 Å². The Labute approximate surface area is 255 Å². The molecule has 214 valence electrons. The van der Waals surface area contributed by atoms with Crippen molar-refractivity contribution in [1.29, 1.82) is 0 Å². The van der Waals surface area contributed by atoms with Gasteiger partial charge in [-0.3, -0.25) is 0 Å². The summed E-state index contributed by atoms with van der Waals surface area (Å²) < 4.78 is 36.9. The van der Waals surface area contributed by atoms with Gasteiger partial charge in [-0.1, -0.05) is 148 Å². The molecule has 0 saturated heterocycles. The minimum Gasteiger partial charge on any atom is -0.0610 e. The first-order valence-corrected chi connectivity index (χ1v) is 15.2. The van der Waals surface area contributed by atoms with Crippen LogP contribution in [0, 0.1) is 6.92 Å². The van der Waals surface area contributed by atoms with E-state index in [0.717, 1.165) is 46.2 Å². The van der Waals surface area contributed by atoms with Crippen molar-refractivity contribution < 1.29 is 5.48 Å². The molecule has 0 aromatic heterocycles. The zero-order valence-corrected chi connectivity index (χ0v) is 27.1. The van der Waals surface area contributed by atoms with Crippen molar-refractivity contribution in [2.45, 2.75) is 111 Å². The van der Waals surface area contributed by atoms with Crippen LogP contribution in [0.3, 0.4) is 0 Å². The van der Waals surface area contributed by atoms with Gasteiger partial charge in [0.2, 0.25) is 0 Å². The molecule has 0 fully saturated rings. The molecule has 4 aromatic rings. The molecule has 1 aliphatic rings. The summed E-state index contributed by atoms with van der Waals surface area (Å²) in [6.45, 7) is 24.3. The van der Waals surface area contributed by atoms with Crippen LogP contribution in [-0.2, 0) is 21.7 Å². The molecule has 0 heterocycles. The smallest absolute Gasteiger partial charge is 0.0610 e. The molecule has 1 aliphatic carbocycles. The molecule has 0 aliphatic heterocycles. The number of benzene rings is 4. The largest absolute Gasteiger partial charge is 0.0629 e. The van der Waals surface area contributed by atoms with E-state index in [1.807, 2.05) is 25.1 Å². The molecule has 0 spiro atoms. The molecule has 0 radical (unpaired) electrons. The SMILES string of the molecule is [2H]c1c([2H])c(-c2cccc(-c3ccc4c(c3)C(C)(C)CCC4(C)C)c2C)c([2H])c([2H])c1-c1ccc(C(C)(C)C)cc1C(C)(C)C. The molecule has 0 nitrogen and oxygen atoms in total. The molecule has 0 bridgehead atoms. The van der Waals surface area contributed by atoms with E-state index in [-0.39, 0.29) is 45.8 Å². The lowest BCUT2D eigenvalue weighted by Gasteiger charge is -2.42. The Hall–Kier alpha value is -3.12. The lowest BCUT2D eigenvalue weighted by Crippen LogP contribution is -2.33. The first-order chi connectivity index (χ1) is 20.7. The zero-order chi connectivity index (χ0) is 33.4. The number of fused-ring (bicyclic) bond motifs is 1. The van der Waals surface area contributed by atoms with Crippen molar-refractivity contribution >= 4 is 0 Å². The fourth-order valence-electron chi connectivity index (χ4n) is 6.41. The van der Waals surface area contributed by atoms with Gasteiger partial charge < -0.3 is 0 Å². The Balaban J connectivity index is 1.70. The first kappa shape index (κ1) is 24.5. The highest BCUT2D eigenvalue weighted by Gasteiger charge is 2.37. The van der Waals surface area contributed by atoms with Crippen LogP contribution >= 0.6 is 0 Å². The molecule has 0 saturated carbocycles. The predicted molar refractivity (Wildman–Crippen MR) is 180 cm³/mol. The van der Waals surface area contributed by atoms with Crippen LogP contribution < -0.4 is 0 Å². The minimum absolute atomic E-state index is 0.000619. The summed E-state index contributed by atoms with van der Waals surface area (Å²) in [5, 5.41) is 0. The standard InChI is InChI=1S/C41H50/c1-27-32(13-12-14-33(27)30-19-22-35-37(25-30)41(10,11)24-23-40(35,8)9)28-15-17-29(18-16-28)34-21-20-31(38(2,3)4)26-36(34)39(5,6)7/h12-22,25-26H,23-24H2,1-11H3/i15D,16D,17D,18D. The molecule has 4 aromatic carbocycles. The Morgan fingerprint density at radius 1 is 0.585 bits per heavy atom. The van der Waals surface area contributed by atoms with Crippen molar-refractivity contribution in [1.82, 2.24) is 0 Å². The highest BCUT2D eigenvalue weighted by Crippen LogP contribution is 2.47. The maximum atomic E-state index is 9.23. The fraction of sp³-hybridized carbons (Fsp3) is 0.415. The molecule has 0 unspecified atom stereocenters. The number of hydrogen-bond donors (Lipinski definition) is 0. The average molecular weight is 547 g/mol. The van der Waals surface area contributed by atoms with Gasteiger partial charge in [0.25, 0.3) is 0 Å². The van der Waals surface area contributed by atoms with Crippen LogP contribution in [-0.4, -0.2) is 0 Å². The second kappa shape index (κ2) is 10.0. The Bertz CT molecular complexity index is 1780. The third-order valence-corrected chi connectivity index (χ3v) is 9.35. The summed E-state index contributed by atoms with van der Waals surface area (Å²) in [6, 6.07) is 19.1. The summed E-state index contributed by atoms with van der Waals surface area (Å²) in [6.07, 6.45) is 2.30. The normalized spacial score (nSPS) is 17.7. The fourth-order valence-corrected chi connectivity index (χ4v) is 6.41. The van der Waals surface area contributed by atoms with E-state index in [1.54, 1.807) is 0 Å². The van der Waals surface area contributed by atoms with E-state index >= 15 is 0 Å². The first-order valence-electron chi connectivity index (χ1n) is 17.2. The highest BCUT2D eigenvalue weighted by molar-refractivity contribution is 5.80. The maximum Gasteiger partial charge on any atom is 0.0629 e. The van der Waals surface area contributed by atoms with Crippen LogP contribution in [0.2, 0.25) is 0 Å². The summed E-state index contributed by atoms with van der Waals surface area (Å²) in [7, 11) is 0. The lowest BCUT2D eigenvalue weighted by atomic mass is 9.63. The Kier molecular flexibility index (Phi) is 5.97. The van der Waals surface area contributed by atoms with Crippen LogP contribution in [0.15, 0.2) is 78.8 Å². The second-order valence-electron chi connectivity index (χ2n) is 15.5. The van der Waals surface area contributed by atoms with E-state index in [1.165, 1.54) is 16.7 Å². The third-order valence-electron chi connectivity index (χ3n) is 9.35. The van der Waals surface area contributed by atoms with Gasteiger partial charge in [0.15, 0.2) is 0 Å².